The van der Waals surface area contributed by atoms with Crippen LogP contribution in [0.5, 0.6) is 0 Å². The molecule has 5 heteroatoms. The molecule has 1 N–H and O–H groups in total. The van der Waals surface area contributed by atoms with Crippen molar-refractivity contribution in [2.45, 2.75) is 31.4 Å². The molecule has 0 unspecified atom stereocenters. The van der Waals surface area contributed by atoms with Crippen molar-refractivity contribution in [3.8, 4) is 0 Å². The first kappa shape index (κ1) is 14.8. The maximum absolute atomic E-state index is 13.6. The molecule has 0 aromatic heterocycles. The van der Waals surface area contributed by atoms with Gasteiger partial charge in [0.05, 0.1) is 18.4 Å². The molecule has 0 amide bonds. The Morgan fingerprint density at radius 1 is 1.19 bits per heavy atom. The highest BCUT2D eigenvalue weighted by atomic mass is 19.1. The van der Waals surface area contributed by atoms with Crippen molar-refractivity contribution in [2.75, 3.05) is 38.4 Å². The third-order valence-electron chi connectivity index (χ3n) is 4.25. The van der Waals surface area contributed by atoms with Gasteiger partial charge < -0.3 is 19.7 Å². The highest BCUT2D eigenvalue weighted by Crippen LogP contribution is 2.20. The lowest BCUT2D eigenvalue weighted by atomic mass is 10.0. The highest BCUT2D eigenvalue weighted by molar-refractivity contribution is 5.45. The fourth-order valence-electron chi connectivity index (χ4n) is 2.99. The van der Waals surface area contributed by atoms with Crippen molar-refractivity contribution >= 4 is 5.69 Å². The molecule has 0 radical (unpaired) electrons. The van der Waals surface area contributed by atoms with E-state index >= 15 is 0 Å². The third kappa shape index (κ3) is 4.15. The Morgan fingerprint density at radius 3 is 2.71 bits per heavy atom. The maximum atomic E-state index is 13.6. The smallest absolute Gasteiger partial charge is 0.147 e. The third-order valence-corrected chi connectivity index (χ3v) is 4.25. The SMILES string of the molecule is Fc1ccccc1NC1CCN(C[C@H]2CCOCO2)CC1. The van der Waals surface area contributed by atoms with E-state index in [1.807, 2.05) is 6.07 Å². The minimum Gasteiger partial charge on any atom is -0.380 e. The van der Waals surface area contributed by atoms with E-state index in [9.17, 15) is 4.39 Å². The molecule has 2 heterocycles. The number of para-hydroxylation sites is 1. The first-order valence-corrected chi connectivity index (χ1v) is 7.74. The lowest BCUT2D eigenvalue weighted by molar-refractivity contribution is -0.145. The van der Waals surface area contributed by atoms with Crippen LogP contribution >= 0.6 is 0 Å². The average molecular weight is 294 g/mol. The monoisotopic (exact) mass is 294 g/mol. The molecule has 2 fully saturated rings. The molecule has 4 nitrogen and oxygen atoms in total. The summed E-state index contributed by atoms with van der Waals surface area (Å²) in [6, 6.07) is 7.24. The van der Waals surface area contributed by atoms with E-state index in [1.165, 1.54) is 6.07 Å². The van der Waals surface area contributed by atoms with Gasteiger partial charge in [0.2, 0.25) is 0 Å². The second-order valence-electron chi connectivity index (χ2n) is 5.80. The fraction of sp³-hybridized carbons (Fsp3) is 0.625. The predicted octanol–water partition coefficient (Wildman–Crippen LogP) is 2.47. The molecular formula is C16H23FN2O2. The van der Waals surface area contributed by atoms with E-state index in [2.05, 4.69) is 10.2 Å². The Morgan fingerprint density at radius 2 is 2.00 bits per heavy atom. The van der Waals surface area contributed by atoms with Crippen molar-refractivity contribution in [1.29, 1.82) is 0 Å². The molecule has 2 aliphatic heterocycles. The number of rotatable bonds is 4. The van der Waals surface area contributed by atoms with Gasteiger partial charge in [0, 0.05) is 25.7 Å². The zero-order chi connectivity index (χ0) is 14.5. The Bertz CT molecular complexity index is 444. The Labute approximate surface area is 125 Å². The number of halogens is 1. The summed E-state index contributed by atoms with van der Waals surface area (Å²) in [5, 5.41) is 3.32. The molecular weight excluding hydrogens is 271 g/mol. The van der Waals surface area contributed by atoms with Gasteiger partial charge in [-0.2, -0.15) is 0 Å². The summed E-state index contributed by atoms with van der Waals surface area (Å²) in [5.74, 6) is -0.171. The van der Waals surface area contributed by atoms with E-state index in [0.29, 0.717) is 24.6 Å². The predicted molar refractivity (Wildman–Crippen MR) is 79.8 cm³/mol. The van der Waals surface area contributed by atoms with Gasteiger partial charge in [-0.1, -0.05) is 12.1 Å². The molecule has 1 aromatic rings. The summed E-state index contributed by atoms with van der Waals surface area (Å²) < 4.78 is 24.4. The van der Waals surface area contributed by atoms with Gasteiger partial charge in [0.25, 0.3) is 0 Å². The van der Waals surface area contributed by atoms with E-state index in [-0.39, 0.29) is 5.82 Å². The average Bonchev–Trinajstić information content (AvgIpc) is 2.52. The largest absolute Gasteiger partial charge is 0.380 e. The van der Waals surface area contributed by atoms with Gasteiger partial charge in [-0.25, -0.2) is 4.39 Å². The van der Waals surface area contributed by atoms with Gasteiger partial charge in [-0.15, -0.1) is 0 Å². The molecule has 116 valence electrons. The number of nitrogens with zero attached hydrogens (tertiary/aromatic N) is 1. The van der Waals surface area contributed by atoms with Crippen LogP contribution in [0.2, 0.25) is 0 Å². The summed E-state index contributed by atoms with van der Waals surface area (Å²) in [7, 11) is 0. The first-order chi connectivity index (χ1) is 10.3. The quantitative estimate of drug-likeness (QED) is 0.925. The van der Waals surface area contributed by atoms with Crippen molar-refractivity contribution in [3.05, 3.63) is 30.1 Å². The van der Waals surface area contributed by atoms with Crippen molar-refractivity contribution in [3.63, 3.8) is 0 Å². The number of hydrogen-bond donors (Lipinski definition) is 1. The van der Waals surface area contributed by atoms with Crippen LogP contribution in [-0.2, 0) is 9.47 Å². The molecule has 0 saturated carbocycles. The van der Waals surface area contributed by atoms with Crippen LogP contribution in [0.4, 0.5) is 10.1 Å². The lowest BCUT2D eigenvalue weighted by Crippen LogP contribution is -2.44. The van der Waals surface area contributed by atoms with Crippen molar-refractivity contribution in [1.82, 2.24) is 4.90 Å². The van der Waals surface area contributed by atoms with Crippen LogP contribution in [0.15, 0.2) is 24.3 Å². The highest BCUT2D eigenvalue weighted by Gasteiger charge is 2.23. The number of ether oxygens (including phenoxy) is 2. The molecule has 0 aliphatic carbocycles. The summed E-state index contributed by atoms with van der Waals surface area (Å²) in [6.07, 6.45) is 3.36. The normalized spacial score (nSPS) is 24.9. The summed E-state index contributed by atoms with van der Waals surface area (Å²) in [6.45, 7) is 4.28. The van der Waals surface area contributed by atoms with Crippen LogP contribution in [-0.4, -0.2) is 50.1 Å². The number of hydrogen-bond acceptors (Lipinski definition) is 4. The Hall–Kier alpha value is -1.17. The van der Waals surface area contributed by atoms with Crippen molar-refractivity contribution in [2.24, 2.45) is 0 Å². The number of anilines is 1. The first-order valence-electron chi connectivity index (χ1n) is 7.74. The second-order valence-corrected chi connectivity index (χ2v) is 5.80. The van der Waals surface area contributed by atoms with Gasteiger partial charge in [0.15, 0.2) is 0 Å². The minimum absolute atomic E-state index is 0.171. The van der Waals surface area contributed by atoms with E-state index in [0.717, 1.165) is 45.5 Å². The molecule has 1 aromatic carbocycles. The van der Waals surface area contributed by atoms with Gasteiger partial charge >= 0.3 is 0 Å². The van der Waals surface area contributed by atoms with Crippen LogP contribution in [0.25, 0.3) is 0 Å². The van der Waals surface area contributed by atoms with Gasteiger partial charge in [-0.05, 0) is 31.4 Å². The standard InChI is InChI=1S/C16H23FN2O2/c17-15-3-1-2-4-16(15)18-13-5-8-19(9-6-13)11-14-7-10-20-12-21-14/h1-4,13-14,18H,5-12H2/t14-/m1/s1. The zero-order valence-corrected chi connectivity index (χ0v) is 12.3. The molecule has 3 rings (SSSR count). The van der Waals surface area contributed by atoms with Crippen LogP contribution in [0, 0.1) is 5.82 Å². The molecule has 1 atom stereocenters. The number of nitrogens with one attached hydrogen (secondary N) is 1. The summed E-state index contributed by atoms with van der Waals surface area (Å²) in [4.78, 5) is 2.44. The van der Waals surface area contributed by atoms with Crippen LogP contribution in [0.1, 0.15) is 19.3 Å². The van der Waals surface area contributed by atoms with Crippen LogP contribution in [0.3, 0.4) is 0 Å². The van der Waals surface area contributed by atoms with E-state index in [4.69, 9.17) is 9.47 Å². The minimum atomic E-state index is -0.171. The number of likely N-dealkylation sites (tertiary alicyclic amines) is 1. The van der Waals surface area contributed by atoms with E-state index < -0.39 is 0 Å². The Kier molecular flexibility index (Phi) is 5.06. The maximum Gasteiger partial charge on any atom is 0.147 e. The number of piperidine rings is 1. The van der Waals surface area contributed by atoms with Crippen LogP contribution < -0.4 is 5.32 Å². The summed E-state index contributed by atoms with van der Waals surface area (Å²) in [5.41, 5.74) is 0.615. The topological polar surface area (TPSA) is 33.7 Å². The molecule has 2 aliphatic rings. The molecule has 2 saturated heterocycles. The molecule has 0 spiro atoms. The zero-order valence-electron chi connectivity index (χ0n) is 12.3. The van der Waals surface area contributed by atoms with Crippen molar-refractivity contribution < 1.29 is 13.9 Å². The second kappa shape index (κ2) is 7.20. The lowest BCUT2D eigenvalue weighted by Gasteiger charge is -2.35. The molecule has 21 heavy (non-hydrogen) atoms. The Balaban J connectivity index is 1.43. The van der Waals surface area contributed by atoms with E-state index in [1.54, 1.807) is 12.1 Å². The van der Waals surface area contributed by atoms with Gasteiger partial charge in [-0.3, -0.25) is 0 Å². The molecule has 0 bridgehead atoms. The van der Waals surface area contributed by atoms with Gasteiger partial charge in [0.1, 0.15) is 12.6 Å². The number of benzene rings is 1. The fourth-order valence-corrected chi connectivity index (χ4v) is 2.99. The summed E-state index contributed by atoms with van der Waals surface area (Å²) >= 11 is 0.